The minimum atomic E-state index is -0.488. The van der Waals surface area contributed by atoms with Crippen molar-refractivity contribution in [3.63, 3.8) is 0 Å². The van der Waals surface area contributed by atoms with Crippen LogP contribution in [-0.2, 0) is 11.3 Å². The standard InChI is InChI=1S/C20H32N4O2.HI/c1-4-6-7-8-9-13-24(3)20(22-5-2)23-15-17-11-10-12-18(14-17)26-16-19(21)25;/h4,10-12,14H,1,5-9,13,15-16H2,2-3H3,(H2,21,25)(H,22,23);1H. The highest BCUT2D eigenvalue weighted by Crippen LogP contribution is 2.14. The second-order valence-electron chi connectivity index (χ2n) is 6.13. The molecule has 3 N–H and O–H groups in total. The second-order valence-corrected chi connectivity index (χ2v) is 6.13. The maximum absolute atomic E-state index is 10.8. The van der Waals surface area contributed by atoms with Crippen molar-refractivity contribution in [2.45, 2.75) is 39.2 Å². The van der Waals surface area contributed by atoms with Gasteiger partial charge in [-0.15, -0.1) is 30.6 Å². The van der Waals surface area contributed by atoms with Gasteiger partial charge in [0.05, 0.1) is 6.54 Å². The molecule has 1 amide bonds. The average molecular weight is 488 g/mol. The normalized spacial score (nSPS) is 10.7. The third-order valence-electron chi connectivity index (χ3n) is 3.79. The topological polar surface area (TPSA) is 79.9 Å². The number of ether oxygens (including phenoxy) is 1. The van der Waals surface area contributed by atoms with E-state index in [1.165, 1.54) is 12.8 Å². The zero-order valence-corrected chi connectivity index (χ0v) is 18.8. The molecular weight excluding hydrogens is 455 g/mol. The molecule has 0 unspecified atom stereocenters. The lowest BCUT2D eigenvalue weighted by Gasteiger charge is -2.22. The first kappa shape index (κ1) is 25.2. The Bertz CT molecular complexity index is 593. The summed E-state index contributed by atoms with van der Waals surface area (Å²) in [5, 5.41) is 3.33. The van der Waals surface area contributed by atoms with Gasteiger partial charge in [-0.3, -0.25) is 4.79 Å². The van der Waals surface area contributed by atoms with E-state index in [0.717, 1.165) is 37.5 Å². The van der Waals surface area contributed by atoms with Crippen LogP contribution in [0.1, 0.15) is 38.2 Å². The van der Waals surface area contributed by atoms with Gasteiger partial charge in [0, 0.05) is 20.1 Å². The van der Waals surface area contributed by atoms with Crippen LogP contribution < -0.4 is 15.8 Å². The molecule has 0 saturated carbocycles. The van der Waals surface area contributed by atoms with Gasteiger partial charge < -0.3 is 20.7 Å². The Morgan fingerprint density at radius 1 is 1.37 bits per heavy atom. The van der Waals surface area contributed by atoms with Crippen LogP contribution in [0, 0.1) is 0 Å². The minimum Gasteiger partial charge on any atom is -0.484 e. The Labute approximate surface area is 180 Å². The number of rotatable bonds is 12. The maximum atomic E-state index is 10.8. The molecule has 0 aliphatic rings. The Morgan fingerprint density at radius 2 is 2.15 bits per heavy atom. The van der Waals surface area contributed by atoms with E-state index in [2.05, 4.69) is 30.8 Å². The number of hydrogen-bond donors (Lipinski definition) is 2. The quantitative estimate of drug-likeness (QED) is 0.156. The first-order valence-electron chi connectivity index (χ1n) is 9.17. The number of halogens is 1. The smallest absolute Gasteiger partial charge is 0.255 e. The van der Waals surface area contributed by atoms with Crippen LogP contribution in [0.3, 0.4) is 0 Å². The van der Waals surface area contributed by atoms with Gasteiger partial charge in [-0.2, -0.15) is 0 Å². The summed E-state index contributed by atoms with van der Waals surface area (Å²) in [6.45, 7) is 8.02. The number of amides is 1. The number of aliphatic imine (C=N–C) groups is 1. The summed E-state index contributed by atoms with van der Waals surface area (Å²) in [6.07, 6.45) is 6.55. The number of primary amides is 1. The summed E-state index contributed by atoms with van der Waals surface area (Å²) in [6, 6.07) is 7.55. The maximum Gasteiger partial charge on any atom is 0.255 e. The van der Waals surface area contributed by atoms with Gasteiger partial charge in [-0.25, -0.2) is 4.99 Å². The van der Waals surface area contributed by atoms with Gasteiger partial charge in [0.2, 0.25) is 0 Å². The number of carbonyl (C=O) groups excluding carboxylic acids is 1. The number of nitrogens with zero attached hydrogens (tertiary/aromatic N) is 2. The molecule has 0 aliphatic carbocycles. The minimum absolute atomic E-state index is 0. The molecular formula is C20H33IN4O2. The van der Waals surface area contributed by atoms with Crippen LogP contribution in [0.2, 0.25) is 0 Å². The van der Waals surface area contributed by atoms with Crippen molar-refractivity contribution in [2.75, 3.05) is 26.7 Å². The van der Waals surface area contributed by atoms with Crippen LogP contribution in [0.4, 0.5) is 0 Å². The lowest BCUT2D eigenvalue weighted by atomic mass is 10.2. The fourth-order valence-corrected chi connectivity index (χ4v) is 2.44. The van der Waals surface area contributed by atoms with Crippen LogP contribution in [0.25, 0.3) is 0 Å². The Hall–Kier alpha value is -1.77. The summed E-state index contributed by atoms with van der Waals surface area (Å²) in [5.74, 6) is 1.02. The zero-order chi connectivity index (χ0) is 19.2. The number of allylic oxidation sites excluding steroid dienone is 1. The Balaban J connectivity index is 0.00000676. The van der Waals surface area contributed by atoms with Gasteiger partial charge in [0.15, 0.2) is 12.6 Å². The summed E-state index contributed by atoms with van der Waals surface area (Å²) >= 11 is 0. The van der Waals surface area contributed by atoms with Crippen molar-refractivity contribution in [3.8, 4) is 5.75 Å². The van der Waals surface area contributed by atoms with E-state index in [1.54, 1.807) is 6.07 Å². The fraction of sp³-hybridized carbons (Fsp3) is 0.500. The van der Waals surface area contributed by atoms with Gasteiger partial charge in [-0.1, -0.05) is 24.6 Å². The van der Waals surface area contributed by atoms with Gasteiger partial charge >= 0.3 is 0 Å². The summed E-state index contributed by atoms with van der Waals surface area (Å²) in [7, 11) is 2.06. The van der Waals surface area contributed by atoms with E-state index in [1.807, 2.05) is 24.3 Å². The summed E-state index contributed by atoms with van der Waals surface area (Å²) < 4.78 is 5.34. The Kier molecular flexibility index (Phi) is 14.3. The molecule has 0 fully saturated rings. The van der Waals surface area contributed by atoms with Crippen molar-refractivity contribution >= 4 is 35.8 Å². The van der Waals surface area contributed by atoms with E-state index in [-0.39, 0.29) is 30.6 Å². The number of hydrogen-bond acceptors (Lipinski definition) is 3. The first-order valence-corrected chi connectivity index (χ1v) is 9.17. The molecule has 27 heavy (non-hydrogen) atoms. The molecule has 7 heteroatoms. The summed E-state index contributed by atoms with van der Waals surface area (Å²) in [4.78, 5) is 17.7. The average Bonchev–Trinajstić information content (AvgIpc) is 2.63. The molecule has 1 aromatic rings. The molecule has 0 spiro atoms. The van der Waals surface area contributed by atoms with Crippen molar-refractivity contribution < 1.29 is 9.53 Å². The van der Waals surface area contributed by atoms with Crippen molar-refractivity contribution in [3.05, 3.63) is 42.5 Å². The van der Waals surface area contributed by atoms with Crippen molar-refractivity contribution in [1.82, 2.24) is 10.2 Å². The van der Waals surface area contributed by atoms with E-state index in [4.69, 9.17) is 15.5 Å². The molecule has 0 aromatic heterocycles. The van der Waals surface area contributed by atoms with Gasteiger partial charge in [0.1, 0.15) is 5.75 Å². The molecule has 152 valence electrons. The molecule has 0 saturated heterocycles. The predicted molar refractivity (Wildman–Crippen MR) is 123 cm³/mol. The highest BCUT2D eigenvalue weighted by molar-refractivity contribution is 14.0. The largest absolute Gasteiger partial charge is 0.484 e. The van der Waals surface area contributed by atoms with Gasteiger partial charge in [-0.05, 0) is 43.9 Å². The lowest BCUT2D eigenvalue weighted by Crippen LogP contribution is -2.39. The SMILES string of the molecule is C=CCCCCCN(C)C(=NCc1cccc(OCC(N)=O)c1)NCC.I. The molecule has 0 radical (unpaired) electrons. The molecule has 6 nitrogen and oxygen atoms in total. The molecule has 0 atom stereocenters. The highest BCUT2D eigenvalue weighted by atomic mass is 127. The van der Waals surface area contributed by atoms with Crippen LogP contribution >= 0.6 is 24.0 Å². The fourth-order valence-electron chi connectivity index (χ4n) is 2.44. The number of benzene rings is 1. The summed E-state index contributed by atoms with van der Waals surface area (Å²) in [5.41, 5.74) is 6.12. The highest BCUT2D eigenvalue weighted by Gasteiger charge is 2.06. The number of nitrogens with one attached hydrogen (secondary N) is 1. The molecule has 0 heterocycles. The van der Waals surface area contributed by atoms with Crippen molar-refractivity contribution in [1.29, 1.82) is 0 Å². The van der Waals surface area contributed by atoms with E-state index < -0.39 is 5.91 Å². The van der Waals surface area contributed by atoms with E-state index >= 15 is 0 Å². The molecule has 1 rings (SSSR count). The van der Waals surface area contributed by atoms with E-state index in [0.29, 0.717) is 12.3 Å². The number of nitrogens with two attached hydrogens (primary N) is 1. The number of unbranched alkanes of at least 4 members (excludes halogenated alkanes) is 3. The lowest BCUT2D eigenvalue weighted by molar-refractivity contribution is -0.119. The monoisotopic (exact) mass is 488 g/mol. The first-order chi connectivity index (χ1) is 12.6. The molecule has 0 aliphatic heterocycles. The third-order valence-corrected chi connectivity index (χ3v) is 3.79. The predicted octanol–water partition coefficient (Wildman–Crippen LogP) is 3.31. The van der Waals surface area contributed by atoms with Gasteiger partial charge in [0.25, 0.3) is 5.91 Å². The van der Waals surface area contributed by atoms with Crippen LogP contribution in [0.5, 0.6) is 5.75 Å². The van der Waals surface area contributed by atoms with Crippen LogP contribution in [-0.4, -0.2) is 43.5 Å². The van der Waals surface area contributed by atoms with Crippen molar-refractivity contribution in [2.24, 2.45) is 10.7 Å². The third kappa shape index (κ3) is 11.5. The Morgan fingerprint density at radius 3 is 2.81 bits per heavy atom. The van der Waals surface area contributed by atoms with E-state index in [9.17, 15) is 4.79 Å². The van der Waals surface area contributed by atoms with Crippen LogP contribution in [0.15, 0.2) is 41.9 Å². The zero-order valence-electron chi connectivity index (χ0n) is 16.4. The number of guanidine groups is 1. The number of carbonyl (C=O) groups is 1. The second kappa shape index (κ2) is 15.3. The molecule has 0 bridgehead atoms. The molecule has 1 aromatic carbocycles.